The second-order valence-electron chi connectivity index (χ2n) is 6.94. The number of fused-ring (bicyclic) bond motifs is 2. The van der Waals surface area contributed by atoms with Crippen molar-refractivity contribution in [1.29, 1.82) is 5.26 Å². The molecule has 156 valence electrons. The van der Waals surface area contributed by atoms with E-state index in [0.717, 1.165) is 10.9 Å². The first-order chi connectivity index (χ1) is 14.9. The molecule has 8 nitrogen and oxygen atoms in total. The molecule has 4 rings (SSSR count). The number of benzene rings is 2. The zero-order chi connectivity index (χ0) is 22.1. The van der Waals surface area contributed by atoms with Crippen molar-refractivity contribution in [2.24, 2.45) is 0 Å². The Morgan fingerprint density at radius 1 is 1.29 bits per heavy atom. The molecule has 8 heteroatoms. The highest BCUT2D eigenvalue weighted by atomic mass is 16.6. The van der Waals surface area contributed by atoms with Gasteiger partial charge in [0.2, 0.25) is 5.76 Å². The van der Waals surface area contributed by atoms with Crippen molar-refractivity contribution in [2.75, 3.05) is 7.11 Å². The Morgan fingerprint density at radius 3 is 2.77 bits per heavy atom. The summed E-state index contributed by atoms with van der Waals surface area (Å²) in [5.74, 6) is -0.324. The summed E-state index contributed by atoms with van der Waals surface area (Å²) in [4.78, 5) is 20.0. The summed E-state index contributed by atoms with van der Waals surface area (Å²) >= 11 is 0. The predicted octanol–water partition coefficient (Wildman–Crippen LogP) is 4.66. The van der Waals surface area contributed by atoms with Gasteiger partial charge in [-0.2, -0.15) is 5.26 Å². The molecule has 0 amide bonds. The van der Waals surface area contributed by atoms with E-state index in [1.165, 1.54) is 6.92 Å². The van der Waals surface area contributed by atoms with Gasteiger partial charge in [0, 0.05) is 10.9 Å². The molecule has 2 N–H and O–H groups in total. The number of nitriles is 1. The second kappa shape index (κ2) is 7.88. The lowest BCUT2D eigenvalue weighted by Gasteiger charge is -2.13. The lowest BCUT2D eigenvalue weighted by Crippen LogP contribution is -2.18. The van der Waals surface area contributed by atoms with Crippen molar-refractivity contribution >= 4 is 33.5 Å². The van der Waals surface area contributed by atoms with Crippen molar-refractivity contribution in [3.63, 3.8) is 0 Å². The molecular weight excluding hydrogens is 398 g/mol. The van der Waals surface area contributed by atoms with Gasteiger partial charge in [-0.1, -0.05) is 12.1 Å². The number of esters is 1. The summed E-state index contributed by atoms with van der Waals surface area (Å²) in [7, 11) is 1.55. The summed E-state index contributed by atoms with van der Waals surface area (Å²) < 4.78 is 16.2. The number of aliphatic hydroxyl groups excluding tert-OH is 1. The fraction of sp³-hybridized carbons (Fsp3) is 0.174. The maximum absolute atomic E-state index is 12.7. The molecule has 4 aromatic rings. The second-order valence-corrected chi connectivity index (χ2v) is 6.94. The fourth-order valence-electron chi connectivity index (χ4n) is 3.30. The highest BCUT2D eigenvalue weighted by Crippen LogP contribution is 2.30. The van der Waals surface area contributed by atoms with Crippen LogP contribution in [-0.2, 0) is 4.74 Å². The van der Waals surface area contributed by atoms with Crippen LogP contribution in [0.15, 0.2) is 52.6 Å². The molecule has 0 radical (unpaired) electrons. The van der Waals surface area contributed by atoms with Crippen LogP contribution in [0.4, 0.5) is 0 Å². The van der Waals surface area contributed by atoms with Crippen LogP contribution in [0, 0.1) is 18.3 Å². The average Bonchev–Trinajstić information content (AvgIpc) is 3.34. The molecule has 0 aliphatic heterocycles. The molecule has 0 spiro atoms. The topological polar surface area (TPSA) is 121 Å². The largest absolute Gasteiger partial charge is 0.507 e. The number of nitrogens with one attached hydrogen (secondary N) is 1. The van der Waals surface area contributed by atoms with Crippen LogP contribution in [0.2, 0.25) is 0 Å². The van der Waals surface area contributed by atoms with Crippen molar-refractivity contribution in [1.82, 2.24) is 9.97 Å². The van der Waals surface area contributed by atoms with Gasteiger partial charge >= 0.3 is 5.97 Å². The number of aromatic amines is 1. The van der Waals surface area contributed by atoms with Crippen molar-refractivity contribution in [3.8, 4) is 11.8 Å². The highest BCUT2D eigenvalue weighted by molar-refractivity contribution is 5.96. The third-order valence-electron chi connectivity index (χ3n) is 4.99. The number of furan rings is 1. The number of para-hydroxylation sites is 2. The Hall–Kier alpha value is -4.25. The number of aliphatic hydroxyl groups is 1. The molecule has 0 aliphatic carbocycles. The smallest absolute Gasteiger partial charge is 0.375 e. The summed E-state index contributed by atoms with van der Waals surface area (Å²) in [6.45, 7) is 3.20. The Balaban J connectivity index is 1.62. The van der Waals surface area contributed by atoms with E-state index in [2.05, 4.69) is 9.97 Å². The van der Waals surface area contributed by atoms with Crippen molar-refractivity contribution in [2.45, 2.75) is 20.0 Å². The third-order valence-corrected chi connectivity index (χ3v) is 4.99. The van der Waals surface area contributed by atoms with Gasteiger partial charge in [0.1, 0.15) is 23.0 Å². The Kier molecular flexibility index (Phi) is 5.09. The van der Waals surface area contributed by atoms with Crippen molar-refractivity contribution in [3.05, 3.63) is 65.4 Å². The first-order valence-corrected chi connectivity index (χ1v) is 9.49. The van der Waals surface area contributed by atoms with E-state index in [-0.39, 0.29) is 17.2 Å². The number of ether oxygens (including phenoxy) is 2. The summed E-state index contributed by atoms with van der Waals surface area (Å²) in [5.41, 5.74) is 2.36. The Morgan fingerprint density at radius 2 is 2.06 bits per heavy atom. The van der Waals surface area contributed by atoms with E-state index in [9.17, 15) is 15.2 Å². The molecule has 31 heavy (non-hydrogen) atoms. The van der Waals surface area contributed by atoms with Gasteiger partial charge < -0.3 is 24.0 Å². The lowest BCUT2D eigenvalue weighted by molar-refractivity contribution is 0.0300. The van der Waals surface area contributed by atoms with Crippen LogP contribution in [0.25, 0.3) is 27.6 Å². The number of nitrogens with zero attached hydrogens (tertiary/aromatic N) is 2. The van der Waals surface area contributed by atoms with E-state index in [0.29, 0.717) is 22.4 Å². The molecule has 0 saturated heterocycles. The molecule has 0 aliphatic rings. The van der Waals surface area contributed by atoms with Gasteiger partial charge in [-0.25, -0.2) is 9.78 Å². The summed E-state index contributed by atoms with van der Waals surface area (Å²) in [6.07, 6.45) is -1.10. The monoisotopic (exact) mass is 417 g/mol. The number of carbonyl (C=O) groups is 1. The van der Waals surface area contributed by atoms with E-state index in [4.69, 9.17) is 13.9 Å². The fourth-order valence-corrected chi connectivity index (χ4v) is 3.30. The minimum Gasteiger partial charge on any atom is -0.507 e. The quantitative estimate of drug-likeness (QED) is 0.275. The SMILES string of the molecule is COc1ccc2oc(C(=O)O[C@@H](C)/C(O)=C(\C#N)c3nc4ccccc4[nH]3)c(C)c2c1. The van der Waals surface area contributed by atoms with Crippen LogP contribution in [-0.4, -0.2) is 34.3 Å². The average molecular weight is 417 g/mol. The minimum absolute atomic E-state index is 0.0187. The molecule has 0 fully saturated rings. The first-order valence-electron chi connectivity index (χ1n) is 9.49. The van der Waals surface area contributed by atoms with E-state index >= 15 is 0 Å². The number of H-pyrrole nitrogens is 1. The molecule has 0 bridgehead atoms. The Bertz CT molecular complexity index is 1340. The van der Waals surface area contributed by atoms with Crippen LogP contribution in [0.3, 0.4) is 0 Å². The number of hydrogen-bond donors (Lipinski definition) is 2. The van der Waals surface area contributed by atoms with Gasteiger partial charge in [0.15, 0.2) is 17.7 Å². The zero-order valence-corrected chi connectivity index (χ0v) is 17.1. The molecule has 0 saturated carbocycles. The number of allylic oxidation sites excluding steroid dienone is 1. The number of hydrogen-bond acceptors (Lipinski definition) is 7. The minimum atomic E-state index is -1.10. The zero-order valence-electron chi connectivity index (χ0n) is 17.1. The molecule has 2 heterocycles. The molecule has 1 atom stereocenters. The van der Waals surface area contributed by atoms with Gasteiger partial charge in [0.25, 0.3) is 0 Å². The first kappa shape index (κ1) is 20.0. The number of carbonyl (C=O) groups excluding carboxylic acids is 1. The van der Waals surface area contributed by atoms with Crippen LogP contribution in [0.1, 0.15) is 28.9 Å². The van der Waals surface area contributed by atoms with Crippen LogP contribution < -0.4 is 4.74 Å². The number of rotatable bonds is 5. The maximum Gasteiger partial charge on any atom is 0.375 e. The number of imidazole rings is 1. The summed E-state index contributed by atoms with van der Waals surface area (Å²) in [6, 6.07) is 14.4. The highest BCUT2D eigenvalue weighted by Gasteiger charge is 2.25. The predicted molar refractivity (Wildman–Crippen MR) is 114 cm³/mol. The molecular formula is C23H19N3O5. The van der Waals surface area contributed by atoms with E-state index in [1.807, 2.05) is 18.2 Å². The maximum atomic E-state index is 12.7. The van der Waals surface area contributed by atoms with E-state index in [1.54, 1.807) is 44.4 Å². The lowest BCUT2D eigenvalue weighted by atomic mass is 10.1. The van der Waals surface area contributed by atoms with Crippen LogP contribution in [0.5, 0.6) is 5.75 Å². The van der Waals surface area contributed by atoms with Crippen LogP contribution >= 0.6 is 0 Å². The van der Waals surface area contributed by atoms with Gasteiger partial charge in [-0.3, -0.25) is 0 Å². The van der Waals surface area contributed by atoms with E-state index < -0.39 is 17.8 Å². The van der Waals surface area contributed by atoms with Gasteiger partial charge in [-0.05, 0) is 44.2 Å². The van der Waals surface area contributed by atoms with Gasteiger partial charge in [-0.15, -0.1) is 0 Å². The number of aromatic nitrogens is 2. The molecule has 2 aromatic carbocycles. The third kappa shape index (κ3) is 3.57. The molecule has 2 aromatic heterocycles. The standard InChI is InChI=1S/C23H19N3O5/c1-12-15-10-14(29-3)8-9-19(15)31-21(12)23(28)30-13(2)20(27)16(11-24)22-25-17-6-4-5-7-18(17)26-22/h4-10,13,27H,1-3H3,(H,25,26)/b20-16-/t13-/m0/s1. The van der Waals surface area contributed by atoms with Crippen molar-refractivity contribution < 1.29 is 23.8 Å². The number of aryl methyl sites for hydroxylation is 1. The molecule has 0 unspecified atom stereocenters. The summed E-state index contributed by atoms with van der Waals surface area (Å²) in [5, 5.41) is 20.9. The number of methoxy groups -OCH3 is 1. The van der Waals surface area contributed by atoms with Gasteiger partial charge in [0.05, 0.1) is 18.1 Å². The Labute approximate surface area is 177 Å². The normalized spacial score (nSPS) is 13.0.